The third kappa shape index (κ3) is 8.42. The van der Waals surface area contributed by atoms with Gasteiger partial charge in [0, 0.05) is 11.0 Å². The number of rotatable bonds is 1. The van der Waals surface area contributed by atoms with Crippen molar-refractivity contribution >= 4 is 21.7 Å². The van der Waals surface area contributed by atoms with Crippen LogP contribution in [0, 0.1) is 14.9 Å². The molecule has 23 heavy (non-hydrogen) atoms. The van der Waals surface area contributed by atoms with Crippen LogP contribution in [-0.2, 0) is 21.7 Å². The zero-order valence-electron chi connectivity index (χ0n) is 14.7. The van der Waals surface area contributed by atoms with E-state index < -0.39 is 0 Å². The molecule has 4 radical (unpaired) electrons. The molecule has 3 aromatic rings. The van der Waals surface area contributed by atoms with Crippen molar-refractivity contribution in [1.29, 1.82) is 0 Å². The van der Waals surface area contributed by atoms with Gasteiger partial charge < -0.3 is 25.2 Å². The monoisotopic (exact) mass is 358 g/mol. The molecule has 120 valence electrons. The minimum Gasteiger partial charge on any atom is -0.673 e. The van der Waals surface area contributed by atoms with Crippen LogP contribution in [0.25, 0.3) is 22.2 Å². The molecule has 0 saturated carbocycles. The van der Waals surface area contributed by atoms with Crippen molar-refractivity contribution in [3.05, 3.63) is 81.5 Å². The summed E-state index contributed by atoms with van der Waals surface area (Å²) in [6, 6.07) is 16.9. The molecule has 0 spiro atoms. The van der Waals surface area contributed by atoms with Crippen LogP contribution in [0.4, 0.5) is 0 Å². The predicted molar refractivity (Wildman–Crippen MR) is 102 cm³/mol. The molecule has 0 saturated heterocycles. The van der Waals surface area contributed by atoms with E-state index in [0.29, 0.717) is 0 Å². The Morgan fingerprint density at radius 1 is 0.957 bits per heavy atom. The summed E-state index contributed by atoms with van der Waals surface area (Å²) in [6.45, 7) is 5.56. The number of nitrogens with zero attached hydrogens (tertiary/aromatic N) is 1. The molecule has 0 bridgehead atoms. The zero-order valence-corrected chi connectivity index (χ0v) is 17.3. The summed E-state index contributed by atoms with van der Waals surface area (Å²) in [7, 11) is 0. The van der Waals surface area contributed by atoms with Gasteiger partial charge in [0.1, 0.15) is 0 Å². The molecule has 0 fully saturated rings. The fourth-order valence-electron chi connectivity index (χ4n) is 1.85. The molecule has 0 aliphatic carbocycles. The van der Waals surface area contributed by atoms with E-state index in [1.165, 1.54) is 16.5 Å². The number of nitrogens with one attached hydrogen (secondary N) is 1. The number of fused-ring (bicyclic) bond motifs is 1. The minimum atomic E-state index is -0.250. The molecule has 0 amide bonds. The molecular formula is C19H26N2SiTi. The molecule has 2 nitrogen and oxygen atoms in total. The van der Waals surface area contributed by atoms with Crippen LogP contribution < -0.4 is 0 Å². The van der Waals surface area contributed by atoms with Gasteiger partial charge in [-0.05, 0) is 24.5 Å². The van der Waals surface area contributed by atoms with Crippen LogP contribution in [-0.4, -0.2) is 21.1 Å². The molecule has 1 aromatic heterocycles. The second-order valence-electron chi connectivity index (χ2n) is 5.65. The van der Waals surface area contributed by atoms with E-state index in [0.717, 1.165) is 0 Å². The molecule has 1 heterocycles. The summed E-state index contributed by atoms with van der Waals surface area (Å²) in [5.74, 6) is 0. The average molecular weight is 358 g/mol. The normalized spacial score (nSPS) is 9.22. The van der Waals surface area contributed by atoms with Crippen molar-refractivity contribution in [2.24, 2.45) is 0 Å². The molecule has 0 atom stereocenters. The first-order chi connectivity index (χ1) is 8.95. The minimum absolute atomic E-state index is 0. The number of hydrogen-bond donors (Lipinski definition) is 0. The SMILES string of the molecule is CC(C)(C)[NH-].[CH3-].[CH3-].[Si].[Ti+4].c1ccc2c(-n3cccc3)c[cH-]c2c1. The van der Waals surface area contributed by atoms with Gasteiger partial charge in [-0.2, -0.15) is 0 Å². The van der Waals surface area contributed by atoms with Gasteiger partial charge >= 0.3 is 21.7 Å². The first-order valence-corrected chi connectivity index (χ1v) is 6.48. The standard InChI is InChI=1S/C13H10N.C4H10N.2CH3.Si.Ti/c1-2-6-12-11(5-1)7-8-13(12)14-9-3-4-10-14;1-4(2,3)5;;;;/h1-10H;5H,1-3H3;2*1H3;;/q4*-1;;+4. The number of hydrogen-bond acceptors (Lipinski definition) is 0. The molecular weight excluding hydrogens is 332 g/mol. The van der Waals surface area contributed by atoms with Crippen LogP contribution in [0.1, 0.15) is 20.8 Å². The molecule has 0 aliphatic heterocycles. The van der Waals surface area contributed by atoms with E-state index in [4.69, 9.17) is 5.73 Å². The van der Waals surface area contributed by atoms with Crippen molar-refractivity contribution < 1.29 is 21.7 Å². The Balaban J connectivity index is -0.000000400. The maximum absolute atomic E-state index is 6.94. The van der Waals surface area contributed by atoms with Crippen molar-refractivity contribution in [3.63, 3.8) is 0 Å². The molecule has 0 unspecified atom stereocenters. The van der Waals surface area contributed by atoms with Gasteiger partial charge in [0.25, 0.3) is 0 Å². The Kier molecular flexibility index (Phi) is 13.5. The smallest absolute Gasteiger partial charge is 0.673 e. The molecule has 2 aromatic carbocycles. The van der Waals surface area contributed by atoms with Crippen LogP contribution in [0.2, 0.25) is 0 Å². The van der Waals surface area contributed by atoms with Gasteiger partial charge in [-0.25, -0.2) is 0 Å². The van der Waals surface area contributed by atoms with Crippen molar-refractivity contribution in [3.8, 4) is 5.69 Å². The van der Waals surface area contributed by atoms with Crippen molar-refractivity contribution in [2.45, 2.75) is 26.3 Å². The summed E-state index contributed by atoms with van der Waals surface area (Å²) in [5, 5.41) is 2.61. The Hall–Kier alpha value is -0.999. The van der Waals surface area contributed by atoms with Gasteiger partial charge in [-0.3, -0.25) is 0 Å². The first-order valence-electron chi connectivity index (χ1n) is 6.48. The maximum atomic E-state index is 6.94. The molecule has 4 heteroatoms. The van der Waals surface area contributed by atoms with Crippen LogP contribution in [0.5, 0.6) is 0 Å². The van der Waals surface area contributed by atoms with E-state index in [-0.39, 0.29) is 53.1 Å². The summed E-state index contributed by atoms with van der Waals surface area (Å²) < 4.78 is 2.14. The summed E-state index contributed by atoms with van der Waals surface area (Å²) >= 11 is 0. The van der Waals surface area contributed by atoms with Crippen LogP contribution in [0.3, 0.4) is 0 Å². The Morgan fingerprint density at radius 2 is 1.43 bits per heavy atom. The Bertz CT molecular complexity index is 631. The fourth-order valence-corrected chi connectivity index (χ4v) is 1.85. The fraction of sp³-hybridized carbons (Fsp3) is 0.211. The van der Waals surface area contributed by atoms with Crippen molar-refractivity contribution in [1.82, 2.24) is 4.57 Å². The predicted octanol–water partition coefficient (Wildman–Crippen LogP) is 5.70. The van der Waals surface area contributed by atoms with Gasteiger partial charge in [-0.15, -0.1) is 46.6 Å². The zero-order chi connectivity index (χ0) is 13.9. The van der Waals surface area contributed by atoms with E-state index in [1.807, 2.05) is 32.9 Å². The van der Waals surface area contributed by atoms with E-state index in [9.17, 15) is 0 Å². The molecule has 1 N–H and O–H groups in total. The summed E-state index contributed by atoms with van der Waals surface area (Å²) in [6.07, 6.45) is 4.14. The van der Waals surface area contributed by atoms with Gasteiger partial charge in [0.05, 0.1) is 0 Å². The number of benzene rings is 1. The van der Waals surface area contributed by atoms with Gasteiger partial charge in [0.15, 0.2) is 0 Å². The Labute approximate surface area is 161 Å². The van der Waals surface area contributed by atoms with E-state index >= 15 is 0 Å². The molecule has 3 rings (SSSR count). The van der Waals surface area contributed by atoms with Crippen LogP contribution in [0.15, 0.2) is 60.9 Å². The third-order valence-electron chi connectivity index (χ3n) is 2.54. The van der Waals surface area contributed by atoms with Crippen LogP contribution >= 0.6 is 0 Å². The van der Waals surface area contributed by atoms with E-state index in [1.54, 1.807) is 0 Å². The van der Waals surface area contributed by atoms with Gasteiger partial charge in [-0.1, -0.05) is 32.5 Å². The molecule has 0 aliphatic rings. The first kappa shape index (κ1) is 26.9. The summed E-state index contributed by atoms with van der Waals surface area (Å²) in [4.78, 5) is 0. The topological polar surface area (TPSA) is 28.7 Å². The maximum Gasteiger partial charge on any atom is 4.00 e. The second-order valence-corrected chi connectivity index (χ2v) is 5.65. The average Bonchev–Trinajstić information content (AvgIpc) is 2.95. The Morgan fingerprint density at radius 3 is 1.96 bits per heavy atom. The third-order valence-corrected chi connectivity index (χ3v) is 2.54. The summed E-state index contributed by atoms with van der Waals surface area (Å²) in [5.41, 5.74) is 7.94. The quantitative estimate of drug-likeness (QED) is 0.394. The second kappa shape index (κ2) is 11.5. The largest absolute Gasteiger partial charge is 4.00 e. The van der Waals surface area contributed by atoms with Gasteiger partial charge in [0.2, 0.25) is 0 Å². The van der Waals surface area contributed by atoms with E-state index in [2.05, 4.69) is 53.4 Å². The van der Waals surface area contributed by atoms with Crippen molar-refractivity contribution in [2.75, 3.05) is 0 Å². The number of aromatic nitrogens is 1.